The van der Waals surface area contributed by atoms with Crippen molar-refractivity contribution in [3.63, 3.8) is 0 Å². The van der Waals surface area contributed by atoms with Gasteiger partial charge in [-0.15, -0.1) is 0 Å². The molecule has 36 heavy (non-hydrogen) atoms. The number of benzene rings is 1. The predicted octanol–water partition coefficient (Wildman–Crippen LogP) is 5.00. The zero-order valence-electron chi connectivity index (χ0n) is 21.8. The van der Waals surface area contributed by atoms with Crippen molar-refractivity contribution in [2.45, 2.75) is 93.5 Å². The van der Waals surface area contributed by atoms with Crippen molar-refractivity contribution >= 4 is 15.8 Å². The Hall–Kier alpha value is -1.96. The number of hydrogen-bond acceptors (Lipinski definition) is 6. The number of hydrogen-bond donors (Lipinski definition) is 2. The van der Waals surface area contributed by atoms with Crippen LogP contribution in [0, 0.1) is 17.8 Å². The van der Waals surface area contributed by atoms with E-state index in [-0.39, 0.29) is 35.0 Å². The molecule has 2 N–H and O–H groups in total. The minimum Gasteiger partial charge on any atom is -0.469 e. The lowest BCUT2D eigenvalue weighted by Crippen LogP contribution is -2.26. The largest absolute Gasteiger partial charge is 0.469 e. The molecule has 6 atom stereocenters. The molecule has 3 rings (SSSR count). The highest BCUT2D eigenvalue weighted by Gasteiger charge is 2.46. The van der Waals surface area contributed by atoms with Crippen LogP contribution in [0.2, 0.25) is 0 Å². The van der Waals surface area contributed by atoms with Gasteiger partial charge in [-0.05, 0) is 69.4 Å². The summed E-state index contributed by atoms with van der Waals surface area (Å²) in [6, 6.07) is 8.49. The zero-order chi connectivity index (χ0) is 26.3. The fourth-order valence-electron chi connectivity index (χ4n) is 5.77. The Morgan fingerprint density at radius 1 is 1.25 bits per heavy atom. The summed E-state index contributed by atoms with van der Waals surface area (Å²) in [6.45, 7) is 3.95. The summed E-state index contributed by atoms with van der Waals surface area (Å²) in [5.41, 5.74) is 0.127. The number of ether oxygens (including phenoxy) is 1. The van der Waals surface area contributed by atoms with Crippen LogP contribution >= 0.6 is 0 Å². The molecule has 1 unspecified atom stereocenters. The van der Waals surface area contributed by atoms with E-state index in [0.717, 1.165) is 24.8 Å². The lowest BCUT2D eigenvalue weighted by Gasteiger charge is -2.24. The van der Waals surface area contributed by atoms with Crippen molar-refractivity contribution in [1.82, 2.24) is 0 Å². The van der Waals surface area contributed by atoms with Crippen LogP contribution in [0.3, 0.4) is 0 Å². The summed E-state index contributed by atoms with van der Waals surface area (Å²) >= 11 is 0. The molecule has 200 valence electrons. The topological polar surface area (TPSA) is 101 Å². The van der Waals surface area contributed by atoms with Gasteiger partial charge in [0, 0.05) is 12.3 Å². The summed E-state index contributed by atoms with van der Waals surface area (Å²) in [7, 11) is -2.29. The van der Waals surface area contributed by atoms with Gasteiger partial charge in [0.2, 0.25) is 0 Å². The van der Waals surface area contributed by atoms with Crippen LogP contribution in [-0.4, -0.2) is 48.7 Å². The highest BCUT2D eigenvalue weighted by molar-refractivity contribution is 7.92. The monoisotopic (exact) mass is 518 g/mol. The van der Waals surface area contributed by atoms with E-state index in [1.807, 2.05) is 19.1 Å². The van der Waals surface area contributed by atoms with Crippen LogP contribution in [0.25, 0.3) is 0 Å². The third-order valence-corrected chi connectivity index (χ3v) is 10.0. The molecule has 6 nitrogen and oxygen atoms in total. The van der Waals surface area contributed by atoms with E-state index in [9.17, 15) is 23.4 Å². The van der Waals surface area contributed by atoms with Gasteiger partial charge in [0.05, 0.1) is 29.0 Å². The number of aliphatic hydroxyl groups is 2. The zero-order valence-corrected chi connectivity index (χ0v) is 22.6. The minimum atomic E-state index is -3.63. The average Bonchev–Trinajstić information content (AvgIpc) is 3.38. The van der Waals surface area contributed by atoms with E-state index >= 15 is 0 Å². The maximum Gasteiger partial charge on any atom is 0.305 e. The quantitative estimate of drug-likeness (QED) is 0.281. The van der Waals surface area contributed by atoms with E-state index in [1.165, 1.54) is 7.11 Å². The van der Waals surface area contributed by atoms with Gasteiger partial charge in [-0.25, -0.2) is 8.42 Å². The fraction of sp³-hybridized carbons (Fsp3) is 0.621. The lowest BCUT2D eigenvalue weighted by molar-refractivity contribution is -0.140. The van der Waals surface area contributed by atoms with Gasteiger partial charge in [-0.3, -0.25) is 4.79 Å². The SMILES string of the molecule is CCCC[C@@](C)(O)C/C=C/[C@H]1[C@H]2CC(C(CCCC(=O)OC)S(=O)(=O)c3ccccc3)=C[C@H]2C[C@H]1O. The summed E-state index contributed by atoms with van der Waals surface area (Å²) < 4.78 is 32.0. The first-order chi connectivity index (χ1) is 17.1. The molecular weight excluding hydrogens is 476 g/mol. The highest BCUT2D eigenvalue weighted by atomic mass is 32.2. The molecule has 1 aromatic rings. The molecule has 0 heterocycles. The lowest BCUT2D eigenvalue weighted by atomic mass is 9.87. The third kappa shape index (κ3) is 7.08. The van der Waals surface area contributed by atoms with E-state index in [4.69, 9.17) is 4.74 Å². The number of carbonyl (C=O) groups is 1. The normalized spacial score (nSPS) is 26.4. The molecule has 1 aromatic carbocycles. The first-order valence-electron chi connectivity index (χ1n) is 13.2. The Bertz CT molecular complexity index is 1030. The Morgan fingerprint density at radius 2 is 1.97 bits per heavy atom. The van der Waals surface area contributed by atoms with Gasteiger partial charge in [0.15, 0.2) is 9.84 Å². The number of unbranched alkanes of at least 4 members (excludes halogenated alkanes) is 1. The second-order valence-corrected chi connectivity index (χ2v) is 12.8. The van der Waals surface area contributed by atoms with Crippen molar-refractivity contribution < 1.29 is 28.2 Å². The summed E-state index contributed by atoms with van der Waals surface area (Å²) in [5.74, 6) is -0.146. The standard InChI is InChI=1S/C29H42O6S/c1-4-5-16-29(2,32)17-10-13-24-25-19-22(18-21(25)20-26(24)30)27(14-9-15-28(31)35-3)36(33,34)23-11-7-6-8-12-23/h6-8,10-13,18,21,24-27,30,32H,4-5,9,14-17,19-20H2,1-3H3/b13-10+/t21-,24-,25-,26+,27?,29+/m0/s1. The third-order valence-electron chi connectivity index (χ3n) is 7.82. The maximum absolute atomic E-state index is 13.7. The van der Waals surface area contributed by atoms with Gasteiger partial charge < -0.3 is 14.9 Å². The summed E-state index contributed by atoms with van der Waals surface area (Å²) in [5, 5.41) is 20.6. The molecule has 0 radical (unpaired) electrons. The predicted molar refractivity (Wildman–Crippen MR) is 141 cm³/mol. The second-order valence-electron chi connectivity index (χ2n) is 10.7. The van der Waals surface area contributed by atoms with Crippen LogP contribution < -0.4 is 0 Å². The molecule has 7 heteroatoms. The second kappa shape index (κ2) is 12.5. The first kappa shape index (κ1) is 28.6. The number of rotatable bonds is 13. The molecule has 0 amide bonds. The van der Waals surface area contributed by atoms with Crippen LogP contribution in [0.5, 0.6) is 0 Å². The number of esters is 1. The summed E-state index contributed by atoms with van der Waals surface area (Å²) in [6.07, 6.45) is 11.1. The van der Waals surface area contributed by atoms with E-state index in [1.54, 1.807) is 30.3 Å². The summed E-state index contributed by atoms with van der Waals surface area (Å²) in [4.78, 5) is 12.0. The first-order valence-corrected chi connectivity index (χ1v) is 14.8. The number of sulfone groups is 1. The van der Waals surface area contributed by atoms with Crippen LogP contribution in [0.1, 0.15) is 71.6 Å². The van der Waals surface area contributed by atoms with E-state index in [0.29, 0.717) is 32.1 Å². The average molecular weight is 519 g/mol. The Kier molecular flexibility index (Phi) is 9.95. The van der Waals surface area contributed by atoms with Crippen molar-refractivity contribution in [3.8, 4) is 0 Å². The maximum atomic E-state index is 13.7. The van der Waals surface area contributed by atoms with E-state index < -0.39 is 26.8 Å². The van der Waals surface area contributed by atoms with Gasteiger partial charge in [0.1, 0.15) is 0 Å². The van der Waals surface area contributed by atoms with Crippen molar-refractivity contribution in [3.05, 3.63) is 54.1 Å². The Labute approximate surface area is 216 Å². The number of allylic oxidation sites excluding steroid dienone is 1. The Morgan fingerprint density at radius 3 is 2.64 bits per heavy atom. The number of fused-ring (bicyclic) bond motifs is 1. The minimum absolute atomic E-state index is 0.0686. The van der Waals surface area contributed by atoms with Crippen LogP contribution in [-0.2, 0) is 19.4 Å². The van der Waals surface area contributed by atoms with Crippen LogP contribution in [0.4, 0.5) is 0 Å². The Balaban J connectivity index is 1.76. The molecule has 2 aliphatic rings. The van der Waals surface area contributed by atoms with Gasteiger partial charge in [0.25, 0.3) is 0 Å². The molecular formula is C29H42O6S. The number of methoxy groups -OCH3 is 1. The molecule has 1 saturated carbocycles. The van der Waals surface area contributed by atoms with Gasteiger partial charge in [-0.2, -0.15) is 0 Å². The molecule has 0 aromatic heterocycles. The molecule has 0 aliphatic heterocycles. The smallest absolute Gasteiger partial charge is 0.305 e. The van der Waals surface area contributed by atoms with Crippen molar-refractivity contribution in [2.24, 2.45) is 17.8 Å². The molecule has 1 fully saturated rings. The number of aliphatic hydroxyl groups excluding tert-OH is 1. The highest BCUT2D eigenvalue weighted by Crippen LogP contribution is 2.49. The molecule has 0 bridgehead atoms. The molecule has 0 spiro atoms. The van der Waals surface area contributed by atoms with Crippen molar-refractivity contribution in [2.75, 3.05) is 7.11 Å². The molecule has 0 saturated heterocycles. The van der Waals surface area contributed by atoms with Gasteiger partial charge >= 0.3 is 5.97 Å². The van der Waals surface area contributed by atoms with Crippen molar-refractivity contribution in [1.29, 1.82) is 0 Å². The number of carbonyl (C=O) groups excluding carboxylic acids is 1. The van der Waals surface area contributed by atoms with Crippen LogP contribution in [0.15, 0.2) is 59.0 Å². The van der Waals surface area contributed by atoms with Gasteiger partial charge in [-0.1, -0.05) is 61.8 Å². The molecule has 2 aliphatic carbocycles. The van der Waals surface area contributed by atoms with E-state index in [2.05, 4.69) is 13.0 Å². The fourth-order valence-corrected chi connectivity index (χ4v) is 7.69.